The third-order valence-corrected chi connectivity index (χ3v) is 7.21. The zero-order valence-electron chi connectivity index (χ0n) is 19.5. The highest BCUT2D eigenvalue weighted by atomic mass is 32.2. The summed E-state index contributed by atoms with van der Waals surface area (Å²) in [5.74, 6) is -1.88. The summed E-state index contributed by atoms with van der Waals surface area (Å²) in [6.45, 7) is 8.32. The number of nitriles is 1. The molecule has 4 heterocycles. The Morgan fingerprint density at radius 1 is 1.26 bits per heavy atom. The molecular weight excluding hydrogens is 479 g/mol. The summed E-state index contributed by atoms with van der Waals surface area (Å²) in [5.41, 5.74) is -0.126. The van der Waals surface area contributed by atoms with E-state index in [-0.39, 0.29) is 22.4 Å². The molecule has 184 valence electrons. The smallest absolute Gasteiger partial charge is 0.477 e. The lowest BCUT2D eigenvalue weighted by atomic mass is 10.1. The molecule has 2 aromatic heterocycles. The predicted octanol–water partition coefficient (Wildman–Crippen LogP) is 3.56. The number of carbonyl (C=O) groups is 1. The van der Waals surface area contributed by atoms with E-state index in [2.05, 4.69) is 0 Å². The molecule has 2 aliphatic heterocycles. The molecule has 1 aromatic carbocycles. The van der Waals surface area contributed by atoms with Gasteiger partial charge in [-0.3, -0.25) is 4.79 Å². The summed E-state index contributed by atoms with van der Waals surface area (Å²) in [6.07, 6.45) is 0. The average Bonchev–Trinajstić information content (AvgIpc) is 3.12. The summed E-state index contributed by atoms with van der Waals surface area (Å²) in [5, 5.41) is 17.2. The van der Waals surface area contributed by atoms with Crippen molar-refractivity contribution >= 4 is 40.2 Å². The maximum atomic E-state index is 15.2. The molecule has 0 saturated carbocycles. The van der Waals surface area contributed by atoms with Crippen molar-refractivity contribution in [3.05, 3.63) is 50.1 Å². The highest BCUT2D eigenvalue weighted by Crippen LogP contribution is 2.46. The number of hydrogen-bond acceptors (Lipinski definition) is 9. The number of carboxylic acid groups (broad SMARTS) is 1. The maximum absolute atomic E-state index is 15.2. The van der Waals surface area contributed by atoms with Gasteiger partial charge in [0.25, 0.3) is 0 Å². The van der Waals surface area contributed by atoms with Gasteiger partial charge in [-0.05, 0) is 32.9 Å². The Bertz CT molecular complexity index is 1490. The Hall–Kier alpha value is -3.72. The number of fused-ring (bicyclic) bond motifs is 3. The summed E-state index contributed by atoms with van der Waals surface area (Å²) in [7, 11) is 0. The third kappa shape index (κ3) is 4.05. The van der Waals surface area contributed by atoms with Gasteiger partial charge >= 0.3 is 11.8 Å². The molecule has 0 spiro atoms. The van der Waals surface area contributed by atoms with Gasteiger partial charge in [0.2, 0.25) is 11.3 Å². The number of aromatic carboxylic acids is 1. The van der Waals surface area contributed by atoms with Crippen LogP contribution in [-0.4, -0.2) is 41.3 Å². The van der Waals surface area contributed by atoms with Crippen LogP contribution in [0, 0.1) is 24.1 Å². The average molecular weight is 503 g/mol. The third-order valence-electron chi connectivity index (χ3n) is 6.03. The lowest BCUT2D eigenvalue weighted by Gasteiger charge is -2.41. The number of halogens is 1. The molecule has 5 rings (SSSR count). The topological polar surface area (TPSA) is 133 Å². The molecule has 0 aliphatic carbocycles. The summed E-state index contributed by atoms with van der Waals surface area (Å²) in [4.78, 5) is 39.6. The molecule has 0 bridgehead atoms. The van der Waals surface area contributed by atoms with E-state index < -0.39 is 23.0 Å². The van der Waals surface area contributed by atoms with E-state index in [1.165, 1.54) is 18.7 Å². The van der Waals surface area contributed by atoms with Crippen molar-refractivity contribution in [1.29, 1.82) is 5.26 Å². The molecule has 2 unspecified atom stereocenters. The molecule has 0 radical (unpaired) electrons. The van der Waals surface area contributed by atoms with Gasteiger partial charge in [-0.15, -0.1) is 0 Å². The second-order valence-corrected chi connectivity index (χ2v) is 9.55. The zero-order valence-corrected chi connectivity index (χ0v) is 20.3. The molecule has 35 heavy (non-hydrogen) atoms. The van der Waals surface area contributed by atoms with Crippen molar-refractivity contribution in [1.82, 2.24) is 4.57 Å². The maximum Gasteiger partial charge on any atom is 0.520 e. The zero-order chi connectivity index (χ0) is 25.6. The molecule has 2 aliphatic rings. The van der Waals surface area contributed by atoms with Gasteiger partial charge in [-0.2, -0.15) is 5.26 Å². The van der Waals surface area contributed by atoms with Crippen LogP contribution in [0.2, 0.25) is 0 Å². The first-order valence-electron chi connectivity index (χ1n) is 10.8. The first-order chi connectivity index (χ1) is 16.6. The molecule has 10 nitrogen and oxygen atoms in total. The van der Waals surface area contributed by atoms with Crippen molar-refractivity contribution in [2.75, 3.05) is 29.4 Å². The quantitative estimate of drug-likeness (QED) is 0.567. The van der Waals surface area contributed by atoms with Crippen LogP contribution in [0.4, 0.5) is 16.0 Å². The second kappa shape index (κ2) is 9.14. The van der Waals surface area contributed by atoms with Crippen LogP contribution < -0.4 is 21.1 Å². The fourth-order valence-electron chi connectivity index (χ4n) is 4.57. The number of thioether (sulfide) groups is 1. The van der Waals surface area contributed by atoms with E-state index in [1.54, 1.807) is 23.6 Å². The summed E-state index contributed by atoms with van der Waals surface area (Å²) in [6, 6.07) is 4.39. The van der Waals surface area contributed by atoms with E-state index in [1.807, 2.05) is 23.6 Å². The van der Waals surface area contributed by atoms with Gasteiger partial charge in [0.15, 0.2) is 5.76 Å². The van der Waals surface area contributed by atoms with Gasteiger partial charge < -0.3 is 28.3 Å². The van der Waals surface area contributed by atoms with Gasteiger partial charge in [0.05, 0.1) is 27.7 Å². The number of piperazine rings is 1. The van der Waals surface area contributed by atoms with E-state index in [4.69, 9.17) is 14.1 Å². The number of nitrogens with zero attached hydrogens (tertiary/aromatic N) is 4. The first-order valence-corrected chi connectivity index (χ1v) is 11.7. The van der Waals surface area contributed by atoms with E-state index in [0.29, 0.717) is 47.5 Å². The number of benzene rings is 1. The van der Waals surface area contributed by atoms with Crippen LogP contribution in [0.25, 0.3) is 10.9 Å². The lowest BCUT2D eigenvalue weighted by Crippen LogP contribution is -2.52. The minimum absolute atomic E-state index is 0.0571. The van der Waals surface area contributed by atoms with Crippen LogP contribution in [-0.2, 0) is 0 Å². The number of rotatable bonds is 3. The highest BCUT2D eigenvalue weighted by Gasteiger charge is 2.34. The molecule has 3 aromatic rings. The highest BCUT2D eigenvalue weighted by molar-refractivity contribution is 8.00. The van der Waals surface area contributed by atoms with Crippen LogP contribution in [0.15, 0.2) is 35.6 Å². The minimum atomic E-state index is -1.31. The van der Waals surface area contributed by atoms with E-state index >= 15 is 4.39 Å². The second-order valence-electron chi connectivity index (χ2n) is 8.25. The van der Waals surface area contributed by atoms with E-state index in [0.717, 1.165) is 6.07 Å². The largest absolute Gasteiger partial charge is 0.520 e. The van der Waals surface area contributed by atoms with Gasteiger partial charge in [-0.25, -0.2) is 14.0 Å². The Morgan fingerprint density at radius 2 is 1.94 bits per heavy atom. The molecule has 2 atom stereocenters. The Kier molecular flexibility index (Phi) is 6.38. The number of anilines is 2. The molecule has 1 fully saturated rings. The van der Waals surface area contributed by atoms with Gasteiger partial charge in [0, 0.05) is 38.0 Å². The minimum Gasteiger partial charge on any atom is -0.477 e. The van der Waals surface area contributed by atoms with Crippen LogP contribution in [0.3, 0.4) is 0 Å². The van der Waals surface area contributed by atoms with Crippen LogP contribution in [0.5, 0.6) is 0 Å². The van der Waals surface area contributed by atoms with Gasteiger partial charge in [-0.1, -0.05) is 11.8 Å². The van der Waals surface area contributed by atoms with Crippen LogP contribution in [0.1, 0.15) is 42.3 Å². The standard InChI is InChI=1S/C21H20FN3O6S.C2H3N/c1-9-8-23(18-10(2)30-21(29)31-18)4-5-24(9)15-7-14-12(6-13(15)22)17(26)16(20(27)28)19-25(14)11(3)32-19;1-2-3/h6-7,9,11H,4-5,8H2,1-3H3,(H,27,28);1H3. The summed E-state index contributed by atoms with van der Waals surface area (Å²) < 4.78 is 27.1. The fraction of sp³-hybridized carbons (Fsp3) is 0.391. The molecule has 12 heteroatoms. The number of hydrogen-bond donors (Lipinski definition) is 1. The predicted molar refractivity (Wildman–Crippen MR) is 128 cm³/mol. The van der Waals surface area contributed by atoms with Gasteiger partial charge in [0.1, 0.15) is 11.4 Å². The Balaban J connectivity index is 0.000000917. The number of aromatic nitrogens is 1. The Labute approximate surface area is 203 Å². The van der Waals surface area contributed by atoms with Crippen molar-refractivity contribution < 1.29 is 23.1 Å². The SMILES string of the molecule is CC#N.Cc1oc(=O)oc1N1CCN(c2cc3c(cc2F)c(=O)c(C(=O)O)c2n3C(C)S2)C(C)C1. The lowest BCUT2D eigenvalue weighted by molar-refractivity contribution is 0.0689. The molecular formula is C23H23FN4O6S. The monoisotopic (exact) mass is 502 g/mol. The van der Waals surface area contributed by atoms with Crippen molar-refractivity contribution in [3.63, 3.8) is 0 Å². The molecule has 0 amide bonds. The number of carboxylic acids is 1. The summed E-state index contributed by atoms with van der Waals surface area (Å²) >= 11 is 1.31. The van der Waals surface area contributed by atoms with E-state index in [9.17, 15) is 19.5 Å². The van der Waals surface area contributed by atoms with Crippen molar-refractivity contribution in [2.24, 2.45) is 0 Å². The number of aryl methyl sites for hydroxylation is 1. The first kappa shape index (κ1) is 24.4. The molecule has 1 N–H and O–H groups in total. The Morgan fingerprint density at radius 3 is 2.49 bits per heavy atom. The van der Waals surface area contributed by atoms with Crippen molar-refractivity contribution in [2.45, 2.75) is 44.1 Å². The van der Waals surface area contributed by atoms with Crippen LogP contribution >= 0.6 is 11.8 Å². The van der Waals surface area contributed by atoms with Crippen molar-refractivity contribution in [3.8, 4) is 6.07 Å². The fourth-order valence-corrected chi connectivity index (χ4v) is 5.73. The normalized spacial score (nSPS) is 18.9. The molecule has 1 saturated heterocycles. The number of pyridine rings is 1.